The van der Waals surface area contributed by atoms with Crippen LogP contribution >= 0.6 is 0 Å². The molecule has 11 nitrogen and oxygen atoms in total. The van der Waals surface area contributed by atoms with E-state index in [1.807, 2.05) is 34.9 Å². The zero-order chi connectivity index (χ0) is 36.1. The average Bonchev–Trinajstić information content (AvgIpc) is 3.74. The number of nitrogens with zero attached hydrogens (tertiary/aromatic N) is 3. The molecule has 0 atom stereocenters. The summed E-state index contributed by atoms with van der Waals surface area (Å²) in [4.78, 5) is 58.2. The Morgan fingerprint density at radius 1 is 0.980 bits per heavy atom. The molecule has 2 fully saturated rings. The highest BCUT2D eigenvalue weighted by Gasteiger charge is 2.43. The number of carbonyl (C=O) groups excluding carboxylic acids is 3. The molecular weight excluding hydrogens is 646 g/mol. The highest BCUT2D eigenvalue weighted by molar-refractivity contribution is 6.06. The van der Waals surface area contributed by atoms with Crippen molar-refractivity contribution in [1.29, 1.82) is 0 Å². The number of likely N-dealkylation sites (N-methyl/N-ethyl adjacent to an activating group) is 1. The van der Waals surface area contributed by atoms with Gasteiger partial charge in [-0.25, -0.2) is 9.78 Å². The molecule has 2 aliphatic carbocycles. The zero-order valence-corrected chi connectivity index (χ0v) is 29.4. The molecule has 11 heteroatoms. The maximum absolute atomic E-state index is 14.1. The summed E-state index contributed by atoms with van der Waals surface area (Å²) < 4.78 is 7.36. The SMILES string of the molecule is COc1ccc(-c2c(C3CCCCC3)c3ccc(C(=O)NC4(C(=O)Nc5ccc(/C=C/C(=O)O)cc5)CCCC4)cc3n2CC(=O)N(C)C)cn1. The van der Waals surface area contributed by atoms with Gasteiger partial charge in [0.1, 0.15) is 12.1 Å². The van der Waals surface area contributed by atoms with Crippen LogP contribution in [-0.4, -0.2) is 70.0 Å². The van der Waals surface area contributed by atoms with E-state index in [0.29, 0.717) is 41.5 Å². The fourth-order valence-electron chi connectivity index (χ4n) is 7.49. The Morgan fingerprint density at radius 3 is 2.33 bits per heavy atom. The summed E-state index contributed by atoms with van der Waals surface area (Å²) in [6, 6.07) is 16.3. The number of carboxylic acids is 1. The van der Waals surface area contributed by atoms with Crippen LogP contribution in [0.1, 0.15) is 85.2 Å². The molecule has 4 aromatic rings. The fraction of sp³-hybridized carbons (Fsp3) is 0.375. The van der Waals surface area contributed by atoms with Gasteiger partial charge in [0.15, 0.2) is 0 Å². The number of nitrogens with one attached hydrogen (secondary N) is 2. The molecule has 2 aromatic heterocycles. The van der Waals surface area contributed by atoms with Crippen LogP contribution in [0.2, 0.25) is 0 Å². The monoisotopic (exact) mass is 691 g/mol. The van der Waals surface area contributed by atoms with E-state index < -0.39 is 11.5 Å². The summed E-state index contributed by atoms with van der Waals surface area (Å²) >= 11 is 0. The van der Waals surface area contributed by atoms with Gasteiger partial charge >= 0.3 is 5.97 Å². The number of hydrogen-bond acceptors (Lipinski definition) is 6. The third kappa shape index (κ3) is 7.67. The number of fused-ring (bicyclic) bond motifs is 1. The Kier molecular flexibility index (Phi) is 10.5. The minimum absolute atomic E-state index is 0.0767. The lowest BCUT2D eigenvalue weighted by atomic mass is 9.82. The largest absolute Gasteiger partial charge is 0.481 e. The first-order chi connectivity index (χ1) is 24.6. The van der Waals surface area contributed by atoms with Crippen molar-refractivity contribution >= 4 is 46.4 Å². The van der Waals surface area contributed by atoms with Crippen LogP contribution in [0.25, 0.3) is 28.2 Å². The second-order valence-corrected chi connectivity index (χ2v) is 13.8. The Labute approximate surface area is 297 Å². The van der Waals surface area contributed by atoms with Gasteiger partial charge in [-0.15, -0.1) is 0 Å². The molecule has 0 saturated heterocycles. The van der Waals surface area contributed by atoms with Gasteiger partial charge < -0.3 is 29.9 Å². The Bertz CT molecular complexity index is 1950. The van der Waals surface area contributed by atoms with Crippen molar-refractivity contribution in [3.8, 4) is 17.1 Å². The third-order valence-electron chi connectivity index (χ3n) is 10.2. The molecule has 3 N–H and O–H groups in total. The first kappa shape index (κ1) is 35.4. The lowest BCUT2D eigenvalue weighted by Crippen LogP contribution is -2.55. The highest BCUT2D eigenvalue weighted by Crippen LogP contribution is 2.44. The number of carboxylic acid groups (broad SMARTS) is 1. The van der Waals surface area contributed by atoms with Crippen molar-refractivity contribution in [2.45, 2.75) is 75.8 Å². The lowest BCUT2D eigenvalue weighted by Gasteiger charge is -2.29. The number of hydrogen-bond donors (Lipinski definition) is 3. The summed E-state index contributed by atoms with van der Waals surface area (Å²) in [6.45, 7) is 0.0832. The van der Waals surface area contributed by atoms with E-state index in [0.717, 1.165) is 66.8 Å². The van der Waals surface area contributed by atoms with E-state index in [4.69, 9.17) is 9.84 Å². The smallest absolute Gasteiger partial charge is 0.328 e. The number of aromatic nitrogens is 2. The molecule has 2 heterocycles. The predicted molar refractivity (Wildman–Crippen MR) is 197 cm³/mol. The number of amides is 3. The Morgan fingerprint density at radius 2 is 1.71 bits per heavy atom. The van der Waals surface area contributed by atoms with E-state index in [1.165, 1.54) is 18.1 Å². The number of anilines is 1. The minimum atomic E-state index is -1.09. The predicted octanol–water partition coefficient (Wildman–Crippen LogP) is 6.63. The van der Waals surface area contributed by atoms with E-state index in [2.05, 4.69) is 15.6 Å². The van der Waals surface area contributed by atoms with Crippen LogP contribution in [0.4, 0.5) is 5.69 Å². The maximum atomic E-state index is 14.1. The lowest BCUT2D eigenvalue weighted by molar-refractivity contribution is -0.131. The molecular formula is C40H45N5O6. The van der Waals surface area contributed by atoms with Gasteiger partial charge in [0.25, 0.3) is 5.91 Å². The van der Waals surface area contributed by atoms with E-state index in [1.54, 1.807) is 56.6 Å². The molecule has 0 radical (unpaired) electrons. The van der Waals surface area contributed by atoms with Crippen molar-refractivity contribution in [3.05, 3.63) is 83.6 Å². The third-order valence-corrected chi connectivity index (χ3v) is 10.2. The number of aliphatic carboxylic acids is 1. The molecule has 0 aliphatic heterocycles. The molecule has 2 aromatic carbocycles. The molecule has 2 aliphatic rings. The molecule has 2 saturated carbocycles. The number of carbonyl (C=O) groups is 4. The number of pyridine rings is 1. The number of benzene rings is 2. The topological polar surface area (TPSA) is 143 Å². The summed E-state index contributed by atoms with van der Waals surface area (Å²) in [5, 5.41) is 16.0. The average molecular weight is 692 g/mol. The Balaban J connectivity index is 1.36. The van der Waals surface area contributed by atoms with Crippen LogP contribution in [-0.2, 0) is 20.9 Å². The zero-order valence-electron chi connectivity index (χ0n) is 29.4. The summed E-state index contributed by atoms with van der Waals surface area (Å²) in [5.41, 5.74) is 4.30. The molecule has 266 valence electrons. The number of ether oxygens (including phenoxy) is 1. The van der Waals surface area contributed by atoms with Crippen molar-refractivity contribution in [1.82, 2.24) is 19.8 Å². The second-order valence-electron chi connectivity index (χ2n) is 13.8. The van der Waals surface area contributed by atoms with Crippen molar-refractivity contribution in [2.24, 2.45) is 0 Å². The van der Waals surface area contributed by atoms with E-state index in [9.17, 15) is 19.2 Å². The van der Waals surface area contributed by atoms with Gasteiger partial charge in [-0.2, -0.15) is 0 Å². The molecule has 0 spiro atoms. The molecule has 3 amide bonds. The molecule has 0 unspecified atom stereocenters. The van der Waals surface area contributed by atoms with Crippen molar-refractivity contribution < 1.29 is 29.0 Å². The fourth-order valence-corrected chi connectivity index (χ4v) is 7.49. The second kappa shape index (κ2) is 15.2. The van der Waals surface area contributed by atoms with E-state index >= 15 is 0 Å². The van der Waals surface area contributed by atoms with Gasteiger partial charge in [0, 0.05) is 54.6 Å². The van der Waals surface area contributed by atoms with Crippen LogP contribution in [0.15, 0.2) is 66.9 Å². The maximum Gasteiger partial charge on any atom is 0.328 e. The van der Waals surface area contributed by atoms with Crippen LogP contribution in [0, 0.1) is 0 Å². The Hall–Kier alpha value is -5.45. The standard InChI is InChI=1S/C40H45N5O6/c1-44(2)34(46)25-45-32-23-28(14-18-31(32)36(27-9-5-4-6-10-27)37(45)29-15-19-33(51-3)41-24-29)38(49)43-40(21-7-8-22-40)39(50)42-30-16-11-26(12-17-30)13-20-35(47)48/h11-20,23-24,27H,4-10,21-22,25H2,1-3H3,(H,42,50)(H,43,49)(H,47,48)/b20-13+. The summed E-state index contributed by atoms with van der Waals surface area (Å²) in [7, 11) is 5.05. The number of methoxy groups -OCH3 is 1. The van der Waals surface area contributed by atoms with Crippen molar-refractivity contribution in [3.63, 3.8) is 0 Å². The van der Waals surface area contributed by atoms with Crippen LogP contribution in [0.5, 0.6) is 5.88 Å². The van der Waals surface area contributed by atoms with Crippen LogP contribution < -0.4 is 15.4 Å². The van der Waals surface area contributed by atoms with Gasteiger partial charge in [0.05, 0.1) is 18.3 Å². The van der Waals surface area contributed by atoms with Gasteiger partial charge in [-0.3, -0.25) is 14.4 Å². The number of rotatable bonds is 11. The molecule has 51 heavy (non-hydrogen) atoms. The molecule has 0 bridgehead atoms. The first-order valence-corrected chi connectivity index (χ1v) is 17.6. The molecule has 6 rings (SSSR count). The van der Waals surface area contributed by atoms with Gasteiger partial charge in [-0.1, -0.05) is 50.3 Å². The first-order valence-electron chi connectivity index (χ1n) is 17.6. The normalized spacial score (nSPS) is 15.9. The van der Waals surface area contributed by atoms with Gasteiger partial charge in [-0.05, 0) is 79.1 Å². The summed E-state index contributed by atoms with van der Waals surface area (Å²) in [5.74, 6) is -0.980. The van der Waals surface area contributed by atoms with Gasteiger partial charge in [0.2, 0.25) is 17.7 Å². The van der Waals surface area contributed by atoms with Crippen LogP contribution in [0.3, 0.4) is 0 Å². The highest BCUT2D eigenvalue weighted by atomic mass is 16.5. The van der Waals surface area contributed by atoms with Crippen molar-refractivity contribution in [2.75, 3.05) is 26.5 Å². The minimum Gasteiger partial charge on any atom is -0.481 e. The quantitative estimate of drug-likeness (QED) is 0.150. The van der Waals surface area contributed by atoms with E-state index in [-0.39, 0.29) is 24.3 Å². The summed E-state index contributed by atoms with van der Waals surface area (Å²) in [6.07, 6.45) is 12.4.